The summed E-state index contributed by atoms with van der Waals surface area (Å²) in [5.41, 5.74) is 6.45. The molecule has 3 nitrogen and oxygen atoms in total. The third-order valence-electron chi connectivity index (χ3n) is 3.77. The lowest BCUT2D eigenvalue weighted by molar-refractivity contribution is 0.128. The summed E-state index contributed by atoms with van der Waals surface area (Å²) in [4.78, 5) is 0. The van der Waals surface area contributed by atoms with Crippen molar-refractivity contribution in [1.82, 2.24) is 0 Å². The van der Waals surface area contributed by atoms with Gasteiger partial charge in [-0.05, 0) is 42.0 Å². The smallest absolute Gasteiger partial charge is 0.240 e. The Morgan fingerprint density at radius 2 is 1.26 bits per heavy atom. The maximum Gasteiger partial charge on any atom is 0.240 e. The van der Waals surface area contributed by atoms with E-state index in [1.54, 1.807) is 30.3 Å². The maximum atomic E-state index is 12.6. The van der Waals surface area contributed by atoms with Crippen LogP contribution in [-0.4, -0.2) is 6.43 Å². The number of para-hydroxylation sites is 2. The number of hydrogen-bond acceptors (Lipinski definition) is 3. The van der Waals surface area contributed by atoms with Crippen molar-refractivity contribution >= 4 is 12.4 Å². The van der Waals surface area contributed by atoms with Gasteiger partial charge >= 0.3 is 0 Å². The van der Waals surface area contributed by atoms with Gasteiger partial charge < -0.3 is 15.2 Å². The van der Waals surface area contributed by atoms with Crippen molar-refractivity contribution in [2.75, 3.05) is 0 Å². The second kappa shape index (κ2) is 9.90. The lowest BCUT2D eigenvalue weighted by Crippen LogP contribution is -2.14. The van der Waals surface area contributed by atoms with Gasteiger partial charge in [-0.15, -0.1) is 12.4 Å². The van der Waals surface area contributed by atoms with Gasteiger partial charge in [-0.2, -0.15) is 0 Å². The first-order valence-electron chi connectivity index (χ1n) is 8.25. The molecule has 0 saturated carbocycles. The minimum atomic E-state index is -2.47. The molecule has 0 radical (unpaired) electrons. The van der Waals surface area contributed by atoms with Crippen LogP contribution in [0.4, 0.5) is 8.78 Å². The van der Waals surface area contributed by atoms with E-state index in [9.17, 15) is 8.78 Å². The lowest BCUT2D eigenvalue weighted by atomic mass is 10.0. The van der Waals surface area contributed by atoms with E-state index in [-0.39, 0.29) is 12.4 Å². The van der Waals surface area contributed by atoms with Crippen molar-refractivity contribution in [3.05, 3.63) is 84.4 Å². The van der Waals surface area contributed by atoms with Crippen LogP contribution >= 0.6 is 12.4 Å². The molecule has 2 N–H and O–H groups in total. The summed E-state index contributed by atoms with van der Waals surface area (Å²) in [6, 6.07) is 22.7. The van der Waals surface area contributed by atoms with E-state index in [1.807, 2.05) is 48.5 Å². The van der Waals surface area contributed by atoms with E-state index in [0.717, 1.165) is 0 Å². The van der Waals surface area contributed by atoms with Crippen molar-refractivity contribution in [1.29, 1.82) is 0 Å². The van der Waals surface area contributed by atoms with Crippen molar-refractivity contribution in [2.24, 2.45) is 5.73 Å². The van der Waals surface area contributed by atoms with E-state index in [0.29, 0.717) is 28.6 Å². The normalized spacial score (nSPS) is 11.6. The minimum absolute atomic E-state index is 0. The first-order valence-corrected chi connectivity index (χ1v) is 8.25. The van der Waals surface area contributed by atoms with Crippen LogP contribution in [-0.2, 0) is 0 Å². The Labute approximate surface area is 163 Å². The molecule has 142 valence electrons. The number of hydrogen-bond donors (Lipinski definition) is 1. The molecular formula is C21H20ClF2NO2. The number of rotatable bonds is 7. The molecule has 6 heteroatoms. The Hall–Kier alpha value is -2.63. The Bertz CT molecular complexity index is 832. The zero-order chi connectivity index (χ0) is 18.4. The van der Waals surface area contributed by atoms with Gasteiger partial charge in [0.25, 0.3) is 0 Å². The molecule has 3 aromatic rings. The van der Waals surface area contributed by atoms with Gasteiger partial charge in [0.05, 0.1) is 0 Å². The number of alkyl halides is 2. The number of nitrogens with two attached hydrogens (primary N) is 1. The fourth-order valence-electron chi connectivity index (χ4n) is 2.48. The highest BCUT2D eigenvalue weighted by Gasteiger charge is 2.16. The maximum absolute atomic E-state index is 12.6. The molecule has 1 atom stereocenters. The zero-order valence-electron chi connectivity index (χ0n) is 14.4. The van der Waals surface area contributed by atoms with E-state index in [4.69, 9.17) is 15.2 Å². The number of ether oxygens (including phenoxy) is 2. The van der Waals surface area contributed by atoms with Crippen LogP contribution in [0.5, 0.6) is 23.0 Å². The predicted octanol–water partition coefficient (Wildman–Crippen LogP) is 6.35. The summed E-state index contributed by atoms with van der Waals surface area (Å²) < 4.78 is 37.1. The van der Waals surface area contributed by atoms with E-state index < -0.39 is 18.9 Å². The van der Waals surface area contributed by atoms with Crippen LogP contribution in [0.2, 0.25) is 0 Å². The molecule has 3 aromatic carbocycles. The topological polar surface area (TPSA) is 44.5 Å². The van der Waals surface area contributed by atoms with Gasteiger partial charge in [-0.3, -0.25) is 0 Å². The summed E-state index contributed by atoms with van der Waals surface area (Å²) in [5.74, 6) is 2.16. The molecule has 0 aliphatic rings. The summed E-state index contributed by atoms with van der Waals surface area (Å²) in [7, 11) is 0. The first kappa shape index (κ1) is 20.7. The molecule has 0 saturated heterocycles. The van der Waals surface area contributed by atoms with Gasteiger partial charge in [-0.1, -0.05) is 42.5 Å². The second-order valence-corrected chi connectivity index (χ2v) is 5.77. The van der Waals surface area contributed by atoms with Gasteiger partial charge in [0.15, 0.2) is 11.5 Å². The summed E-state index contributed by atoms with van der Waals surface area (Å²) >= 11 is 0. The molecule has 27 heavy (non-hydrogen) atoms. The highest BCUT2D eigenvalue weighted by molar-refractivity contribution is 5.85. The average molecular weight is 392 g/mol. The van der Waals surface area contributed by atoms with Crippen molar-refractivity contribution in [2.45, 2.75) is 18.9 Å². The SMILES string of the molecule is Cl.N[C@H](CC(F)F)c1ccc(Oc2ccccc2)c(Oc2ccccc2)c1. The Balaban J connectivity index is 0.00000261. The van der Waals surface area contributed by atoms with Gasteiger partial charge in [0, 0.05) is 12.5 Å². The number of benzene rings is 3. The Morgan fingerprint density at radius 3 is 1.78 bits per heavy atom. The van der Waals surface area contributed by atoms with Crippen molar-refractivity contribution < 1.29 is 18.3 Å². The Kier molecular flexibility index (Phi) is 7.58. The van der Waals surface area contributed by atoms with E-state index in [2.05, 4.69) is 0 Å². The van der Waals surface area contributed by atoms with Crippen molar-refractivity contribution in [3.8, 4) is 23.0 Å². The molecule has 0 fully saturated rings. The largest absolute Gasteiger partial charge is 0.453 e. The summed E-state index contributed by atoms with van der Waals surface area (Å²) in [6.45, 7) is 0. The molecule has 3 rings (SSSR count). The van der Waals surface area contributed by atoms with Crippen LogP contribution in [0.25, 0.3) is 0 Å². The highest BCUT2D eigenvalue weighted by Crippen LogP contribution is 2.37. The van der Waals surface area contributed by atoms with Crippen LogP contribution in [0, 0.1) is 0 Å². The highest BCUT2D eigenvalue weighted by atomic mass is 35.5. The standard InChI is InChI=1S/C21H19F2NO2.ClH/c22-21(23)14-18(24)15-11-12-19(25-16-7-3-1-4-8-16)20(13-15)26-17-9-5-2-6-10-17;/h1-13,18,21H,14,24H2;1H/t18-;/m1./s1. The fourth-order valence-corrected chi connectivity index (χ4v) is 2.48. The van der Waals surface area contributed by atoms with Crippen molar-refractivity contribution in [3.63, 3.8) is 0 Å². The fraction of sp³-hybridized carbons (Fsp3) is 0.143. The van der Waals surface area contributed by atoms with Crippen LogP contribution < -0.4 is 15.2 Å². The summed E-state index contributed by atoms with van der Waals surface area (Å²) in [6.07, 6.45) is -2.88. The van der Waals surface area contributed by atoms with Gasteiger partial charge in [0.1, 0.15) is 11.5 Å². The summed E-state index contributed by atoms with van der Waals surface area (Å²) in [5, 5.41) is 0. The predicted molar refractivity (Wildman–Crippen MR) is 104 cm³/mol. The van der Waals surface area contributed by atoms with Crippen LogP contribution in [0.3, 0.4) is 0 Å². The van der Waals surface area contributed by atoms with E-state index in [1.165, 1.54) is 0 Å². The second-order valence-electron chi connectivity index (χ2n) is 5.77. The molecule has 0 aliphatic heterocycles. The average Bonchev–Trinajstić information content (AvgIpc) is 2.64. The van der Waals surface area contributed by atoms with Crippen LogP contribution in [0.15, 0.2) is 78.9 Å². The molecule has 0 spiro atoms. The molecule has 0 aromatic heterocycles. The molecular weight excluding hydrogens is 372 g/mol. The lowest BCUT2D eigenvalue weighted by Gasteiger charge is -2.17. The molecule has 0 heterocycles. The van der Waals surface area contributed by atoms with Gasteiger partial charge in [-0.25, -0.2) is 8.78 Å². The third kappa shape index (κ3) is 5.94. The molecule has 0 bridgehead atoms. The quantitative estimate of drug-likeness (QED) is 0.510. The molecule has 0 aliphatic carbocycles. The monoisotopic (exact) mass is 391 g/mol. The van der Waals surface area contributed by atoms with Crippen LogP contribution in [0.1, 0.15) is 18.0 Å². The van der Waals surface area contributed by atoms with Gasteiger partial charge in [0.2, 0.25) is 6.43 Å². The molecule has 0 amide bonds. The molecule has 0 unspecified atom stereocenters. The van der Waals surface area contributed by atoms with E-state index >= 15 is 0 Å². The zero-order valence-corrected chi connectivity index (χ0v) is 15.2. The third-order valence-corrected chi connectivity index (χ3v) is 3.77. The minimum Gasteiger partial charge on any atom is -0.453 e. The Morgan fingerprint density at radius 1 is 0.741 bits per heavy atom. The number of halogens is 3. The first-order chi connectivity index (χ1) is 12.6.